The number of hydrogen-bond donors (Lipinski definition) is 0. The van der Waals surface area contributed by atoms with Crippen molar-refractivity contribution >= 4 is 22.1 Å². The predicted molar refractivity (Wildman–Crippen MR) is 96.2 cm³/mol. The summed E-state index contributed by atoms with van der Waals surface area (Å²) in [7, 11) is -4.12. The fourth-order valence-electron chi connectivity index (χ4n) is 2.70. The lowest BCUT2D eigenvalue weighted by Gasteiger charge is -2.20. The SMILES string of the molecule is Cc1ccc(S(=O)(=O)N2C(=O)OC[C@H]2CC(=O)OCc2ccccc2)cc1. The van der Waals surface area contributed by atoms with Gasteiger partial charge in [0.15, 0.2) is 0 Å². The van der Waals surface area contributed by atoms with Crippen LogP contribution in [0.3, 0.4) is 0 Å². The first-order valence-corrected chi connectivity index (χ1v) is 9.79. The molecule has 27 heavy (non-hydrogen) atoms. The Hall–Kier alpha value is -2.87. The molecule has 2 aromatic rings. The number of rotatable bonds is 6. The molecule has 7 nitrogen and oxygen atoms in total. The molecule has 2 aromatic carbocycles. The van der Waals surface area contributed by atoms with E-state index in [1.165, 1.54) is 12.1 Å². The number of nitrogens with zero attached hydrogens (tertiary/aromatic N) is 1. The summed E-state index contributed by atoms with van der Waals surface area (Å²) in [5.74, 6) is -0.605. The topological polar surface area (TPSA) is 90.0 Å². The first kappa shape index (κ1) is 18.9. The second kappa shape index (κ2) is 7.79. The lowest BCUT2D eigenvalue weighted by Crippen LogP contribution is -2.40. The van der Waals surface area contributed by atoms with Gasteiger partial charge in [0.25, 0.3) is 10.0 Å². The van der Waals surface area contributed by atoms with Crippen molar-refractivity contribution in [2.24, 2.45) is 0 Å². The van der Waals surface area contributed by atoms with Gasteiger partial charge in [-0.05, 0) is 24.6 Å². The molecule has 0 radical (unpaired) electrons. The van der Waals surface area contributed by atoms with Crippen molar-refractivity contribution in [3.8, 4) is 0 Å². The summed E-state index contributed by atoms with van der Waals surface area (Å²) >= 11 is 0. The van der Waals surface area contributed by atoms with Gasteiger partial charge in [0, 0.05) is 0 Å². The second-order valence-corrected chi connectivity index (χ2v) is 8.01. The Morgan fingerprint density at radius 3 is 2.48 bits per heavy atom. The van der Waals surface area contributed by atoms with Gasteiger partial charge in [-0.2, -0.15) is 4.31 Å². The van der Waals surface area contributed by atoms with Gasteiger partial charge in [0.1, 0.15) is 13.2 Å². The van der Waals surface area contributed by atoms with E-state index in [-0.39, 0.29) is 24.5 Å². The Balaban J connectivity index is 1.70. The minimum absolute atomic E-state index is 0.0328. The summed E-state index contributed by atoms with van der Waals surface area (Å²) in [5, 5.41) is 0. The van der Waals surface area contributed by atoms with Crippen molar-refractivity contribution in [2.75, 3.05) is 6.61 Å². The van der Waals surface area contributed by atoms with E-state index >= 15 is 0 Å². The average Bonchev–Trinajstić information content (AvgIpc) is 3.02. The van der Waals surface area contributed by atoms with Gasteiger partial charge in [-0.3, -0.25) is 4.79 Å². The molecule has 0 saturated carbocycles. The van der Waals surface area contributed by atoms with Crippen LogP contribution in [0.25, 0.3) is 0 Å². The zero-order valence-electron chi connectivity index (χ0n) is 14.7. The van der Waals surface area contributed by atoms with Crippen molar-refractivity contribution in [3.05, 3.63) is 65.7 Å². The van der Waals surface area contributed by atoms with Crippen LogP contribution in [-0.4, -0.2) is 37.4 Å². The van der Waals surface area contributed by atoms with Crippen molar-refractivity contribution in [2.45, 2.75) is 30.9 Å². The number of benzene rings is 2. The minimum atomic E-state index is -4.12. The van der Waals surface area contributed by atoms with Crippen LogP contribution < -0.4 is 0 Å². The van der Waals surface area contributed by atoms with E-state index < -0.39 is 28.1 Å². The van der Waals surface area contributed by atoms with Crippen LogP contribution in [-0.2, 0) is 30.9 Å². The molecule has 1 heterocycles. The van der Waals surface area contributed by atoms with Gasteiger partial charge in [-0.1, -0.05) is 48.0 Å². The summed E-state index contributed by atoms with van der Waals surface area (Å²) < 4.78 is 36.3. The van der Waals surface area contributed by atoms with E-state index in [4.69, 9.17) is 9.47 Å². The lowest BCUT2D eigenvalue weighted by atomic mass is 10.2. The lowest BCUT2D eigenvalue weighted by molar-refractivity contribution is -0.145. The number of esters is 1. The fourth-order valence-corrected chi connectivity index (χ4v) is 4.18. The zero-order chi connectivity index (χ0) is 19.4. The number of ether oxygens (including phenoxy) is 2. The van der Waals surface area contributed by atoms with Crippen molar-refractivity contribution in [3.63, 3.8) is 0 Å². The number of carbonyl (C=O) groups is 2. The Labute approximate surface area is 157 Å². The highest BCUT2D eigenvalue weighted by molar-refractivity contribution is 7.89. The quantitative estimate of drug-likeness (QED) is 0.706. The third-order valence-corrected chi connectivity index (χ3v) is 5.97. The summed E-state index contributed by atoms with van der Waals surface area (Å²) in [5.41, 5.74) is 1.70. The average molecular weight is 389 g/mol. The predicted octanol–water partition coefficient (Wildman–Crippen LogP) is 2.64. The normalized spacial score (nSPS) is 16.9. The highest BCUT2D eigenvalue weighted by Crippen LogP contribution is 2.26. The molecular weight excluding hydrogens is 370 g/mol. The number of sulfonamides is 1. The second-order valence-electron chi connectivity index (χ2n) is 6.20. The van der Waals surface area contributed by atoms with Crippen LogP contribution in [0.4, 0.5) is 4.79 Å². The Morgan fingerprint density at radius 2 is 1.81 bits per heavy atom. The fraction of sp³-hybridized carbons (Fsp3) is 0.263. The zero-order valence-corrected chi connectivity index (χ0v) is 15.5. The molecule has 0 bridgehead atoms. The maximum absolute atomic E-state index is 12.8. The molecule has 0 spiro atoms. The summed E-state index contributed by atoms with van der Waals surface area (Å²) in [4.78, 5) is 24.1. The maximum Gasteiger partial charge on any atom is 0.424 e. The third-order valence-electron chi connectivity index (χ3n) is 4.13. The van der Waals surface area contributed by atoms with Gasteiger partial charge in [0.05, 0.1) is 17.4 Å². The molecule has 1 aliphatic heterocycles. The molecule has 1 saturated heterocycles. The van der Waals surface area contributed by atoms with Gasteiger partial charge in [-0.15, -0.1) is 0 Å². The standard InChI is InChI=1S/C19H19NO6S/c1-14-7-9-17(10-8-14)27(23,24)20-16(13-26-19(20)22)11-18(21)25-12-15-5-3-2-4-6-15/h2-10,16H,11-13H2,1H3/t16-/m1/s1. The number of aryl methyl sites for hydroxylation is 1. The highest BCUT2D eigenvalue weighted by atomic mass is 32.2. The Bertz CT molecular complexity index is 924. The summed E-state index contributed by atoms with van der Waals surface area (Å²) in [6, 6.07) is 14.3. The van der Waals surface area contributed by atoms with Crippen molar-refractivity contribution in [1.29, 1.82) is 0 Å². The molecule has 1 amide bonds. The van der Waals surface area contributed by atoms with E-state index in [0.717, 1.165) is 11.1 Å². The molecule has 1 aliphatic rings. The first-order chi connectivity index (χ1) is 12.9. The van der Waals surface area contributed by atoms with E-state index in [1.54, 1.807) is 12.1 Å². The van der Waals surface area contributed by atoms with Crippen LogP contribution in [0, 0.1) is 6.92 Å². The van der Waals surface area contributed by atoms with Crippen LogP contribution in [0.5, 0.6) is 0 Å². The third kappa shape index (κ3) is 4.28. The summed E-state index contributed by atoms with van der Waals surface area (Å²) in [6.45, 7) is 1.71. The molecule has 1 fully saturated rings. The number of carbonyl (C=O) groups excluding carboxylic acids is 2. The maximum atomic E-state index is 12.8. The van der Waals surface area contributed by atoms with E-state index in [0.29, 0.717) is 4.31 Å². The monoisotopic (exact) mass is 389 g/mol. The van der Waals surface area contributed by atoms with Gasteiger partial charge in [-0.25, -0.2) is 13.2 Å². The molecule has 142 valence electrons. The van der Waals surface area contributed by atoms with Crippen molar-refractivity contribution < 1.29 is 27.5 Å². The van der Waals surface area contributed by atoms with E-state index in [1.807, 2.05) is 37.3 Å². The molecule has 0 aliphatic carbocycles. The van der Waals surface area contributed by atoms with Crippen LogP contribution in [0.1, 0.15) is 17.5 Å². The van der Waals surface area contributed by atoms with Gasteiger partial charge < -0.3 is 9.47 Å². The van der Waals surface area contributed by atoms with E-state index in [2.05, 4.69) is 0 Å². The molecule has 1 atom stereocenters. The summed E-state index contributed by atoms with van der Waals surface area (Å²) in [6.07, 6.45) is -1.26. The number of amides is 1. The largest absolute Gasteiger partial charge is 0.461 e. The minimum Gasteiger partial charge on any atom is -0.461 e. The molecule has 0 unspecified atom stereocenters. The van der Waals surface area contributed by atoms with Gasteiger partial charge in [0.2, 0.25) is 0 Å². The first-order valence-electron chi connectivity index (χ1n) is 8.35. The Morgan fingerprint density at radius 1 is 1.15 bits per heavy atom. The van der Waals surface area contributed by atoms with E-state index in [9.17, 15) is 18.0 Å². The van der Waals surface area contributed by atoms with Crippen LogP contribution in [0.15, 0.2) is 59.5 Å². The molecule has 3 rings (SSSR count). The van der Waals surface area contributed by atoms with Crippen LogP contribution in [0.2, 0.25) is 0 Å². The smallest absolute Gasteiger partial charge is 0.424 e. The number of hydrogen-bond acceptors (Lipinski definition) is 6. The van der Waals surface area contributed by atoms with Gasteiger partial charge >= 0.3 is 12.1 Å². The molecule has 0 aromatic heterocycles. The Kier molecular flexibility index (Phi) is 5.46. The van der Waals surface area contributed by atoms with Crippen LogP contribution >= 0.6 is 0 Å². The highest BCUT2D eigenvalue weighted by Gasteiger charge is 2.43. The number of cyclic esters (lactones) is 1. The molecule has 8 heteroatoms. The molecular formula is C19H19NO6S. The van der Waals surface area contributed by atoms with Crippen molar-refractivity contribution in [1.82, 2.24) is 4.31 Å². The molecule has 0 N–H and O–H groups in total.